The summed E-state index contributed by atoms with van der Waals surface area (Å²) in [7, 11) is 3.55. The van der Waals surface area contributed by atoms with Crippen LogP contribution in [0.5, 0.6) is 5.75 Å². The molecule has 0 aromatic heterocycles. The van der Waals surface area contributed by atoms with Crippen molar-refractivity contribution in [2.24, 2.45) is 10.9 Å². The fourth-order valence-corrected chi connectivity index (χ4v) is 4.41. The van der Waals surface area contributed by atoms with Crippen LogP contribution in [0.3, 0.4) is 0 Å². The summed E-state index contributed by atoms with van der Waals surface area (Å²) in [6, 6.07) is 6.14. The van der Waals surface area contributed by atoms with Gasteiger partial charge < -0.3 is 25.2 Å². The molecule has 1 aromatic carbocycles. The zero-order valence-corrected chi connectivity index (χ0v) is 20.9. The number of anilines is 1. The quantitative estimate of drug-likeness (QED) is 0.332. The fraction of sp³-hybridized carbons (Fsp3) is 0.667. The molecule has 1 aromatic rings. The Hall–Kier alpha value is -0.930. The van der Waals surface area contributed by atoms with Gasteiger partial charge in [0, 0.05) is 44.3 Å². The number of ether oxygens (including phenoxy) is 1. The molecule has 2 fully saturated rings. The van der Waals surface area contributed by atoms with Gasteiger partial charge in [0.2, 0.25) is 0 Å². The number of guanidine groups is 1. The molecule has 29 heavy (non-hydrogen) atoms. The number of aliphatic imine (C=N–C) groups is 1. The van der Waals surface area contributed by atoms with Crippen LogP contribution in [0.25, 0.3) is 0 Å². The van der Waals surface area contributed by atoms with E-state index in [9.17, 15) is 0 Å². The normalized spacial score (nSPS) is 22.9. The van der Waals surface area contributed by atoms with Gasteiger partial charge in [0.05, 0.1) is 12.8 Å². The number of benzene rings is 1. The van der Waals surface area contributed by atoms with Crippen LogP contribution in [-0.4, -0.2) is 70.3 Å². The topological polar surface area (TPSA) is 52.1 Å². The molecule has 0 aliphatic carbocycles. The maximum Gasteiger partial charge on any atom is 0.191 e. The highest BCUT2D eigenvalue weighted by molar-refractivity contribution is 14.0. The van der Waals surface area contributed by atoms with E-state index in [1.54, 1.807) is 7.11 Å². The third-order valence-electron chi connectivity index (χ3n) is 5.84. The zero-order valence-electron chi connectivity index (χ0n) is 17.8. The number of nitrogens with zero attached hydrogens (tertiary/aromatic N) is 3. The van der Waals surface area contributed by atoms with Crippen LogP contribution in [0, 0.1) is 5.92 Å². The van der Waals surface area contributed by atoms with Crippen molar-refractivity contribution >= 4 is 47.2 Å². The molecule has 0 amide bonds. The molecule has 8 heteroatoms. The lowest BCUT2D eigenvalue weighted by atomic mass is 9.98. The SMILES string of the molecule is CCN1CCCC(CNC(=NC)NC2CCN(c3cc(Cl)ccc3OC)C2)C1.I. The second kappa shape index (κ2) is 12.1. The molecule has 2 aliphatic rings. The van der Waals surface area contributed by atoms with Crippen molar-refractivity contribution in [1.29, 1.82) is 0 Å². The van der Waals surface area contributed by atoms with Gasteiger partial charge in [0.15, 0.2) is 5.96 Å². The molecule has 0 spiro atoms. The van der Waals surface area contributed by atoms with E-state index in [0.717, 1.165) is 55.0 Å². The number of halogens is 2. The van der Waals surface area contributed by atoms with Crippen LogP contribution in [0.4, 0.5) is 5.69 Å². The van der Waals surface area contributed by atoms with Gasteiger partial charge >= 0.3 is 0 Å². The average molecular weight is 536 g/mol. The summed E-state index contributed by atoms with van der Waals surface area (Å²) >= 11 is 6.20. The van der Waals surface area contributed by atoms with Crippen LogP contribution in [-0.2, 0) is 0 Å². The summed E-state index contributed by atoms with van der Waals surface area (Å²) in [6.45, 7) is 8.68. The van der Waals surface area contributed by atoms with Crippen molar-refractivity contribution in [2.45, 2.75) is 32.2 Å². The summed E-state index contributed by atoms with van der Waals surface area (Å²) in [5, 5.41) is 7.87. The van der Waals surface area contributed by atoms with E-state index in [1.807, 2.05) is 25.2 Å². The molecule has 2 atom stereocenters. The first-order chi connectivity index (χ1) is 13.6. The zero-order chi connectivity index (χ0) is 19.9. The monoisotopic (exact) mass is 535 g/mol. The molecule has 2 heterocycles. The Morgan fingerprint density at radius 2 is 2.10 bits per heavy atom. The van der Waals surface area contributed by atoms with Gasteiger partial charge in [-0.3, -0.25) is 4.99 Å². The summed E-state index contributed by atoms with van der Waals surface area (Å²) in [4.78, 5) is 9.31. The van der Waals surface area contributed by atoms with Gasteiger partial charge in [-0.15, -0.1) is 24.0 Å². The van der Waals surface area contributed by atoms with Gasteiger partial charge in [0.1, 0.15) is 5.75 Å². The van der Waals surface area contributed by atoms with Crippen LogP contribution in [0.2, 0.25) is 5.02 Å². The number of hydrogen-bond donors (Lipinski definition) is 2. The third kappa shape index (κ3) is 6.79. The lowest BCUT2D eigenvalue weighted by Crippen LogP contribution is -2.47. The largest absolute Gasteiger partial charge is 0.495 e. The van der Waals surface area contributed by atoms with Gasteiger partial charge in [-0.25, -0.2) is 0 Å². The Balaban J connectivity index is 0.00000300. The minimum absolute atomic E-state index is 0. The predicted octanol–water partition coefficient (Wildman–Crippen LogP) is 3.44. The maximum atomic E-state index is 6.20. The standard InChI is InChI=1S/C21H34ClN5O.HI/c1-4-26-10-5-6-16(14-26)13-24-21(23-2)25-18-9-11-27(15-18)19-12-17(22)7-8-20(19)28-3;/h7-8,12,16,18H,4-6,9-11,13-15H2,1-3H3,(H2,23,24,25);1H. The van der Waals surface area contributed by atoms with E-state index < -0.39 is 0 Å². The number of hydrogen-bond acceptors (Lipinski definition) is 4. The second-order valence-electron chi connectivity index (χ2n) is 7.75. The van der Waals surface area contributed by atoms with Crippen molar-refractivity contribution in [3.8, 4) is 5.75 Å². The van der Waals surface area contributed by atoms with Gasteiger partial charge in [-0.05, 0) is 56.5 Å². The number of piperidine rings is 1. The molecule has 3 rings (SSSR count). The lowest BCUT2D eigenvalue weighted by molar-refractivity contribution is 0.183. The van der Waals surface area contributed by atoms with E-state index in [0.29, 0.717) is 12.0 Å². The first-order valence-electron chi connectivity index (χ1n) is 10.4. The highest BCUT2D eigenvalue weighted by Gasteiger charge is 2.26. The third-order valence-corrected chi connectivity index (χ3v) is 6.08. The molecule has 2 unspecified atom stereocenters. The van der Waals surface area contributed by atoms with E-state index in [4.69, 9.17) is 16.3 Å². The van der Waals surface area contributed by atoms with Crippen molar-refractivity contribution in [2.75, 3.05) is 58.3 Å². The van der Waals surface area contributed by atoms with Crippen LogP contribution < -0.4 is 20.3 Å². The van der Waals surface area contributed by atoms with Crippen molar-refractivity contribution in [3.63, 3.8) is 0 Å². The van der Waals surface area contributed by atoms with Crippen LogP contribution >= 0.6 is 35.6 Å². The molecule has 0 saturated carbocycles. The minimum Gasteiger partial charge on any atom is -0.495 e. The number of likely N-dealkylation sites (tertiary alicyclic amines) is 1. The van der Waals surface area contributed by atoms with E-state index in [1.165, 1.54) is 25.9 Å². The van der Waals surface area contributed by atoms with E-state index in [2.05, 4.69) is 32.3 Å². The molecule has 6 nitrogen and oxygen atoms in total. The number of rotatable bonds is 6. The number of nitrogens with one attached hydrogen (secondary N) is 2. The lowest BCUT2D eigenvalue weighted by Gasteiger charge is -2.32. The summed E-state index contributed by atoms with van der Waals surface area (Å²) in [5.41, 5.74) is 1.06. The highest BCUT2D eigenvalue weighted by atomic mass is 127. The molecule has 2 N–H and O–H groups in total. The molecule has 2 saturated heterocycles. The Labute approximate surface area is 197 Å². The van der Waals surface area contributed by atoms with Crippen LogP contribution in [0.15, 0.2) is 23.2 Å². The maximum absolute atomic E-state index is 6.20. The molecular weight excluding hydrogens is 501 g/mol. The first kappa shape index (κ1) is 24.3. The van der Waals surface area contributed by atoms with Crippen LogP contribution in [0.1, 0.15) is 26.2 Å². The van der Waals surface area contributed by atoms with E-state index >= 15 is 0 Å². The Morgan fingerprint density at radius 3 is 2.83 bits per heavy atom. The van der Waals surface area contributed by atoms with Crippen molar-refractivity contribution in [3.05, 3.63) is 23.2 Å². The Bertz CT molecular complexity index is 674. The molecule has 2 aliphatic heterocycles. The van der Waals surface area contributed by atoms with Crippen molar-refractivity contribution < 1.29 is 4.74 Å². The summed E-state index contributed by atoms with van der Waals surface area (Å²) < 4.78 is 5.51. The first-order valence-corrected chi connectivity index (χ1v) is 10.8. The van der Waals surface area contributed by atoms with Gasteiger partial charge in [-0.2, -0.15) is 0 Å². The average Bonchev–Trinajstić information content (AvgIpc) is 3.19. The van der Waals surface area contributed by atoms with Crippen molar-refractivity contribution in [1.82, 2.24) is 15.5 Å². The Morgan fingerprint density at radius 1 is 1.28 bits per heavy atom. The summed E-state index contributed by atoms with van der Waals surface area (Å²) in [5.74, 6) is 2.46. The summed E-state index contributed by atoms with van der Waals surface area (Å²) in [6.07, 6.45) is 3.65. The fourth-order valence-electron chi connectivity index (χ4n) is 4.24. The molecular formula is C21H35ClIN5O. The smallest absolute Gasteiger partial charge is 0.191 e. The number of methoxy groups -OCH3 is 1. The van der Waals surface area contributed by atoms with Gasteiger partial charge in [-0.1, -0.05) is 18.5 Å². The second-order valence-corrected chi connectivity index (χ2v) is 8.18. The molecule has 164 valence electrons. The van der Waals surface area contributed by atoms with E-state index in [-0.39, 0.29) is 24.0 Å². The van der Waals surface area contributed by atoms with Gasteiger partial charge in [0.25, 0.3) is 0 Å². The predicted molar refractivity (Wildman–Crippen MR) is 133 cm³/mol. The molecule has 0 radical (unpaired) electrons. The molecule has 0 bridgehead atoms. The highest BCUT2D eigenvalue weighted by Crippen LogP contribution is 2.33. The Kier molecular flexibility index (Phi) is 10.1. The minimum atomic E-state index is 0.